The van der Waals surface area contributed by atoms with Gasteiger partial charge in [0.25, 0.3) is 0 Å². The maximum atomic E-state index is 12.1. The van der Waals surface area contributed by atoms with Gasteiger partial charge in [-0.3, -0.25) is 9.00 Å². The molecular formula is C15H13BrO3S. The van der Waals surface area contributed by atoms with E-state index < -0.39 is 10.8 Å². The van der Waals surface area contributed by atoms with Crippen molar-refractivity contribution in [2.75, 3.05) is 12.9 Å². The van der Waals surface area contributed by atoms with Crippen molar-refractivity contribution in [3.8, 4) is 5.75 Å². The van der Waals surface area contributed by atoms with E-state index in [9.17, 15) is 9.00 Å². The van der Waals surface area contributed by atoms with Crippen LogP contribution in [0.15, 0.2) is 57.9 Å². The van der Waals surface area contributed by atoms with Crippen molar-refractivity contribution < 1.29 is 13.7 Å². The molecule has 2 aromatic rings. The Hall–Kier alpha value is -1.46. The number of hydrogen-bond donors (Lipinski definition) is 0. The zero-order valence-corrected chi connectivity index (χ0v) is 13.2. The van der Waals surface area contributed by atoms with Crippen LogP contribution < -0.4 is 4.74 Å². The van der Waals surface area contributed by atoms with Gasteiger partial charge in [-0.2, -0.15) is 0 Å². The van der Waals surface area contributed by atoms with Crippen molar-refractivity contribution in [3.63, 3.8) is 0 Å². The molecule has 1 atom stereocenters. The zero-order chi connectivity index (χ0) is 14.5. The Labute approximate surface area is 128 Å². The van der Waals surface area contributed by atoms with Gasteiger partial charge in [0, 0.05) is 14.9 Å². The summed E-state index contributed by atoms with van der Waals surface area (Å²) >= 11 is 3.32. The van der Waals surface area contributed by atoms with Crippen LogP contribution in [0.5, 0.6) is 5.75 Å². The molecule has 0 spiro atoms. The number of halogens is 1. The number of methoxy groups -OCH3 is 1. The number of Topliss-reactive ketones (excluding diaryl/α,β-unsaturated/α-hetero) is 1. The van der Waals surface area contributed by atoms with Gasteiger partial charge in [-0.15, -0.1) is 0 Å². The third-order valence-electron chi connectivity index (χ3n) is 2.73. The Morgan fingerprint density at radius 1 is 1.20 bits per heavy atom. The normalized spacial score (nSPS) is 11.9. The van der Waals surface area contributed by atoms with Crippen LogP contribution in [0.2, 0.25) is 0 Å². The topological polar surface area (TPSA) is 43.4 Å². The van der Waals surface area contributed by atoms with E-state index in [1.807, 2.05) is 6.07 Å². The molecule has 0 aliphatic heterocycles. The average molecular weight is 353 g/mol. The van der Waals surface area contributed by atoms with Gasteiger partial charge in [-0.1, -0.05) is 22.0 Å². The SMILES string of the molecule is COc1ccc(C(=O)CS(=O)c2cccc(Br)c2)cc1. The molecule has 2 rings (SSSR count). The van der Waals surface area contributed by atoms with Gasteiger partial charge in [0.2, 0.25) is 0 Å². The lowest BCUT2D eigenvalue weighted by Gasteiger charge is -2.04. The Kier molecular flexibility index (Phi) is 5.09. The minimum absolute atomic E-state index is 0.0250. The summed E-state index contributed by atoms with van der Waals surface area (Å²) in [6.07, 6.45) is 0. The number of benzene rings is 2. The van der Waals surface area contributed by atoms with Gasteiger partial charge in [0.1, 0.15) is 5.75 Å². The summed E-state index contributed by atoms with van der Waals surface area (Å²) < 4.78 is 18.0. The minimum atomic E-state index is -1.34. The standard InChI is InChI=1S/C15H13BrO3S/c1-19-13-7-5-11(6-8-13)15(17)10-20(18)14-4-2-3-12(16)9-14/h2-9H,10H2,1H3. The first kappa shape index (κ1) is 14.9. The highest BCUT2D eigenvalue weighted by molar-refractivity contribution is 9.10. The second-order valence-corrected chi connectivity index (χ2v) is 6.47. The smallest absolute Gasteiger partial charge is 0.175 e. The lowest BCUT2D eigenvalue weighted by molar-refractivity contribution is 0.102. The third kappa shape index (κ3) is 3.77. The predicted molar refractivity (Wildman–Crippen MR) is 82.7 cm³/mol. The molecule has 0 aromatic heterocycles. The molecule has 0 bridgehead atoms. The van der Waals surface area contributed by atoms with E-state index in [0.717, 1.165) is 4.47 Å². The summed E-state index contributed by atoms with van der Waals surface area (Å²) in [4.78, 5) is 12.7. The maximum Gasteiger partial charge on any atom is 0.175 e. The minimum Gasteiger partial charge on any atom is -0.497 e. The summed E-state index contributed by atoms with van der Waals surface area (Å²) in [5.41, 5.74) is 0.536. The van der Waals surface area contributed by atoms with Crippen LogP contribution in [0.4, 0.5) is 0 Å². The Bertz CT molecular complexity index is 638. The monoisotopic (exact) mass is 352 g/mol. The molecule has 0 saturated heterocycles. The highest BCUT2D eigenvalue weighted by atomic mass is 79.9. The van der Waals surface area contributed by atoms with Crippen molar-refractivity contribution in [2.45, 2.75) is 4.90 Å². The van der Waals surface area contributed by atoms with E-state index in [2.05, 4.69) is 15.9 Å². The molecule has 20 heavy (non-hydrogen) atoms. The molecule has 3 nitrogen and oxygen atoms in total. The Morgan fingerprint density at radius 3 is 2.50 bits per heavy atom. The molecule has 0 fully saturated rings. The number of carbonyl (C=O) groups is 1. The maximum absolute atomic E-state index is 12.1. The first-order chi connectivity index (χ1) is 9.60. The predicted octanol–water partition coefficient (Wildman–Crippen LogP) is 3.45. The van der Waals surface area contributed by atoms with Crippen LogP contribution >= 0.6 is 15.9 Å². The van der Waals surface area contributed by atoms with Crippen LogP contribution in [-0.2, 0) is 10.8 Å². The van der Waals surface area contributed by atoms with Crippen molar-refractivity contribution in [2.24, 2.45) is 0 Å². The fourth-order valence-electron chi connectivity index (χ4n) is 1.67. The Morgan fingerprint density at radius 2 is 1.90 bits per heavy atom. The number of carbonyl (C=O) groups excluding carboxylic acids is 1. The van der Waals surface area contributed by atoms with E-state index >= 15 is 0 Å². The molecule has 0 aliphatic carbocycles. The molecule has 0 radical (unpaired) electrons. The summed E-state index contributed by atoms with van der Waals surface area (Å²) in [5.74, 6) is 0.517. The van der Waals surface area contributed by atoms with Crippen molar-refractivity contribution >= 4 is 32.5 Å². The van der Waals surface area contributed by atoms with E-state index in [-0.39, 0.29) is 11.5 Å². The van der Waals surface area contributed by atoms with Crippen LogP contribution in [0.3, 0.4) is 0 Å². The van der Waals surface area contributed by atoms with Crippen LogP contribution in [0, 0.1) is 0 Å². The quantitative estimate of drug-likeness (QED) is 0.774. The second-order valence-electron chi connectivity index (χ2n) is 4.10. The van der Waals surface area contributed by atoms with E-state index in [4.69, 9.17) is 4.74 Å². The van der Waals surface area contributed by atoms with Gasteiger partial charge in [-0.05, 0) is 42.5 Å². The molecule has 0 heterocycles. The lowest BCUT2D eigenvalue weighted by atomic mass is 10.1. The summed E-state index contributed by atoms with van der Waals surface area (Å²) in [5, 5.41) is 0. The Balaban J connectivity index is 2.08. The van der Waals surface area contributed by atoms with Gasteiger partial charge >= 0.3 is 0 Å². The number of ether oxygens (including phenoxy) is 1. The van der Waals surface area contributed by atoms with Gasteiger partial charge < -0.3 is 4.74 Å². The molecule has 2 aromatic carbocycles. The zero-order valence-electron chi connectivity index (χ0n) is 10.8. The summed E-state index contributed by atoms with van der Waals surface area (Å²) in [6.45, 7) is 0. The molecule has 0 amide bonds. The van der Waals surface area contributed by atoms with E-state index in [1.165, 1.54) is 0 Å². The van der Waals surface area contributed by atoms with E-state index in [0.29, 0.717) is 16.2 Å². The van der Waals surface area contributed by atoms with Crippen molar-refractivity contribution in [1.29, 1.82) is 0 Å². The molecule has 0 N–H and O–H groups in total. The highest BCUT2D eigenvalue weighted by Crippen LogP contribution is 2.16. The third-order valence-corrected chi connectivity index (χ3v) is 4.53. The highest BCUT2D eigenvalue weighted by Gasteiger charge is 2.12. The van der Waals surface area contributed by atoms with Gasteiger partial charge in [0.15, 0.2) is 5.78 Å². The van der Waals surface area contributed by atoms with Crippen molar-refractivity contribution in [1.82, 2.24) is 0 Å². The van der Waals surface area contributed by atoms with Crippen LogP contribution in [-0.4, -0.2) is 22.9 Å². The second kappa shape index (κ2) is 6.81. The fraction of sp³-hybridized carbons (Fsp3) is 0.133. The van der Waals surface area contributed by atoms with Crippen molar-refractivity contribution in [3.05, 3.63) is 58.6 Å². The summed E-state index contributed by atoms with van der Waals surface area (Å²) in [6, 6.07) is 14.0. The van der Waals surface area contributed by atoms with Crippen LogP contribution in [0.25, 0.3) is 0 Å². The number of ketones is 1. The van der Waals surface area contributed by atoms with Gasteiger partial charge in [0.05, 0.1) is 23.7 Å². The average Bonchev–Trinajstić information content (AvgIpc) is 2.47. The lowest BCUT2D eigenvalue weighted by Crippen LogP contribution is -2.11. The number of hydrogen-bond acceptors (Lipinski definition) is 3. The molecule has 0 aliphatic rings. The largest absolute Gasteiger partial charge is 0.497 e. The molecular weight excluding hydrogens is 340 g/mol. The molecule has 1 unspecified atom stereocenters. The first-order valence-corrected chi connectivity index (χ1v) is 8.02. The summed E-state index contributed by atoms with van der Waals surface area (Å²) in [7, 11) is 0.226. The first-order valence-electron chi connectivity index (χ1n) is 5.91. The number of rotatable bonds is 5. The molecule has 0 saturated carbocycles. The molecule has 5 heteroatoms. The van der Waals surface area contributed by atoms with Gasteiger partial charge in [-0.25, -0.2) is 0 Å². The van der Waals surface area contributed by atoms with Crippen LogP contribution in [0.1, 0.15) is 10.4 Å². The molecule has 104 valence electrons. The van der Waals surface area contributed by atoms with E-state index in [1.54, 1.807) is 49.6 Å². The fourth-order valence-corrected chi connectivity index (χ4v) is 3.28.